The number of hydrogen-bond donors (Lipinski definition) is 2. The summed E-state index contributed by atoms with van der Waals surface area (Å²) >= 11 is 6.03. The number of carbonyl (C=O) groups is 1. The van der Waals surface area contributed by atoms with Crippen molar-refractivity contribution in [1.82, 2.24) is 10.2 Å². The number of rotatable bonds is 6. The number of methoxy groups -OCH3 is 2. The van der Waals surface area contributed by atoms with Gasteiger partial charge in [-0.2, -0.15) is 0 Å². The van der Waals surface area contributed by atoms with Gasteiger partial charge in [0.25, 0.3) is 5.91 Å². The van der Waals surface area contributed by atoms with Gasteiger partial charge in [-0.05, 0) is 36.4 Å². The summed E-state index contributed by atoms with van der Waals surface area (Å²) in [6.45, 7) is 0. The zero-order valence-electron chi connectivity index (χ0n) is 14.7. The highest BCUT2D eigenvalue weighted by Crippen LogP contribution is 2.31. The van der Waals surface area contributed by atoms with E-state index in [1.807, 2.05) is 0 Å². The molecule has 0 aliphatic carbocycles. The Kier molecular flexibility index (Phi) is 5.73. The molecule has 0 saturated carbocycles. The van der Waals surface area contributed by atoms with Gasteiger partial charge in [-0.1, -0.05) is 23.7 Å². The Morgan fingerprint density at radius 3 is 2.37 bits per heavy atom. The molecule has 0 fully saturated rings. The fourth-order valence-corrected chi connectivity index (χ4v) is 2.57. The van der Waals surface area contributed by atoms with Gasteiger partial charge in [0.2, 0.25) is 0 Å². The first kappa shape index (κ1) is 18.5. The van der Waals surface area contributed by atoms with Crippen molar-refractivity contribution in [2.45, 2.75) is 0 Å². The lowest BCUT2D eigenvalue weighted by Crippen LogP contribution is -2.14. The second-order valence-electron chi connectivity index (χ2n) is 5.43. The minimum Gasteiger partial charge on any atom is -0.497 e. The van der Waals surface area contributed by atoms with Crippen LogP contribution in [0.3, 0.4) is 0 Å². The van der Waals surface area contributed by atoms with Crippen molar-refractivity contribution in [3.05, 3.63) is 65.2 Å². The van der Waals surface area contributed by atoms with Crippen molar-refractivity contribution in [2.24, 2.45) is 0 Å². The summed E-state index contributed by atoms with van der Waals surface area (Å²) in [6.07, 6.45) is 0. The predicted octanol–water partition coefficient (Wildman–Crippen LogP) is 4.14. The molecule has 1 aromatic heterocycles. The molecular formula is C19H17ClN4O3. The molecule has 0 atom stereocenters. The third kappa shape index (κ3) is 4.45. The molecule has 8 heteroatoms. The van der Waals surface area contributed by atoms with E-state index in [9.17, 15) is 4.79 Å². The van der Waals surface area contributed by atoms with E-state index in [4.69, 9.17) is 21.1 Å². The fourth-order valence-electron chi connectivity index (χ4n) is 2.34. The smallest absolute Gasteiger partial charge is 0.258 e. The van der Waals surface area contributed by atoms with Gasteiger partial charge in [0, 0.05) is 6.07 Å². The molecule has 3 aromatic rings. The molecule has 0 radical (unpaired) electrons. The molecule has 27 heavy (non-hydrogen) atoms. The highest BCUT2D eigenvalue weighted by atomic mass is 35.5. The molecule has 138 valence electrons. The largest absolute Gasteiger partial charge is 0.497 e. The van der Waals surface area contributed by atoms with E-state index in [1.165, 1.54) is 0 Å². The number of ether oxygens (including phenoxy) is 2. The van der Waals surface area contributed by atoms with Crippen LogP contribution in [-0.4, -0.2) is 30.3 Å². The third-order valence-corrected chi connectivity index (χ3v) is 4.02. The van der Waals surface area contributed by atoms with Gasteiger partial charge in [0.05, 0.1) is 30.5 Å². The molecule has 7 nitrogen and oxygen atoms in total. The van der Waals surface area contributed by atoms with Gasteiger partial charge in [-0.25, -0.2) is 0 Å². The summed E-state index contributed by atoms with van der Waals surface area (Å²) in [7, 11) is 3.16. The van der Waals surface area contributed by atoms with E-state index in [2.05, 4.69) is 20.8 Å². The zero-order valence-corrected chi connectivity index (χ0v) is 15.4. The minimum absolute atomic E-state index is 0.308. The van der Waals surface area contributed by atoms with Crippen molar-refractivity contribution in [1.29, 1.82) is 0 Å². The summed E-state index contributed by atoms with van der Waals surface area (Å²) in [6, 6.07) is 15.5. The van der Waals surface area contributed by atoms with Gasteiger partial charge in [-0.15, -0.1) is 10.2 Å². The number of benzene rings is 2. The van der Waals surface area contributed by atoms with Gasteiger partial charge >= 0.3 is 0 Å². The van der Waals surface area contributed by atoms with E-state index in [0.29, 0.717) is 39.4 Å². The summed E-state index contributed by atoms with van der Waals surface area (Å²) in [5, 5.41) is 14.2. The number of nitrogens with one attached hydrogen (secondary N) is 2. The summed E-state index contributed by atoms with van der Waals surface area (Å²) in [4.78, 5) is 12.3. The van der Waals surface area contributed by atoms with Crippen LogP contribution in [0.4, 0.5) is 17.3 Å². The lowest BCUT2D eigenvalue weighted by atomic mass is 10.2. The molecule has 0 spiro atoms. The minimum atomic E-state index is -0.356. The molecule has 0 aliphatic rings. The van der Waals surface area contributed by atoms with E-state index in [0.717, 1.165) is 0 Å². The normalized spacial score (nSPS) is 10.2. The molecular weight excluding hydrogens is 368 g/mol. The van der Waals surface area contributed by atoms with E-state index in [-0.39, 0.29) is 5.91 Å². The van der Waals surface area contributed by atoms with Crippen LogP contribution in [0.5, 0.6) is 11.5 Å². The number of carbonyl (C=O) groups excluding carboxylic acids is 1. The van der Waals surface area contributed by atoms with E-state index < -0.39 is 0 Å². The molecule has 3 rings (SSSR count). The van der Waals surface area contributed by atoms with E-state index in [1.54, 1.807) is 68.8 Å². The second-order valence-corrected chi connectivity index (χ2v) is 5.84. The SMILES string of the molecule is COc1ccc(OC)c(Nc2ccc(NC(=O)c3ccccc3Cl)nn2)c1. The maximum atomic E-state index is 12.3. The standard InChI is InChI=1S/C19H17ClN4O3/c1-26-12-7-8-16(27-2)15(11-12)21-17-9-10-18(24-23-17)22-19(25)13-5-3-4-6-14(13)20/h3-11H,1-2H3,(H,21,23)(H,22,24,25). The van der Waals surface area contributed by atoms with Gasteiger partial charge in [0.1, 0.15) is 11.5 Å². The maximum absolute atomic E-state index is 12.3. The summed E-state index contributed by atoms with van der Waals surface area (Å²) < 4.78 is 10.5. The van der Waals surface area contributed by atoms with E-state index >= 15 is 0 Å². The van der Waals surface area contributed by atoms with Crippen LogP contribution in [0.1, 0.15) is 10.4 Å². The maximum Gasteiger partial charge on any atom is 0.258 e. The molecule has 2 N–H and O–H groups in total. The van der Waals surface area contributed by atoms with Gasteiger partial charge in [-0.3, -0.25) is 4.79 Å². The average molecular weight is 385 g/mol. The number of aromatic nitrogens is 2. The number of nitrogens with zero attached hydrogens (tertiary/aromatic N) is 2. The topological polar surface area (TPSA) is 85.4 Å². The molecule has 0 aliphatic heterocycles. The quantitative estimate of drug-likeness (QED) is 0.664. The Morgan fingerprint density at radius 2 is 1.70 bits per heavy atom. The lowest BCUT2D eigenvalue weighted by molar-refractivity contribution is 0.102. The van der Waals surface area contributed by atoms with Crippen molar-refractivity contribution >= 4 is 34.8 Å². The molecule has 1 heterocycles. The number of amides is 1. The molecule has 1 amide bonds. The van der Waals surface area contributed by atoms with Crippen LogP contribution in [0.15, 0.2) is 54.6 Å². The summed E-state index contributed by atoms with van der Waals surface area (Å²) in [5.74, 6) is 1.74. The van der Waals surface area contributed by atoms with Gasteiger partial charge < -0.3 is 20.1 Å². The Hall–Kier alpha value is -3.32. The van der Waals surface area contributed by atoms with Crippen LogP contribution < -0.4 is 20.1 Å². The molecule has 0 unspecified atom stereocenters. The number of hydrogen-bond acceptors (Lipinski definition) is 6. The van der Waals surface area contributed by atoms with Crippen LogP contribution in [0.2, 0.25) is 5.02 Å². The Bertz CT molecular complexity index is 948. The highest BCUT2D eigenvalue weighted by molar-refractivity contribution is 6.34. The first-order valence-corrected chi connectivity index (χ1v) is 8.37. The van der Waals surface area contributed by atoms with Crippen molar-refractivity contribution < 1.29 is 14.3 Å². The van der Waals surface area contributed by atoms with Crippen LogP contribution in [-0.2, 0) is 0 Å². The first-order valence-electron chi connectivity index (χ1n) is 7.99. The summed E-state index contributed by atoms with van der Waals surface area (Å²) in [5.41, 5.74) is 1.04. The van der Waals surface area contributed by atoms with Crippen molar-refractivity contribution in [3.8, 4) is 11.5 Å². The predicted molar refractivity (Wildman–Crippen MR) is 104 cm³/mol. The van der Waals surface area contributed by atoms with Gasteiger partial charge in [0.15, 0.2) is 11.6 Å². The Labute approximate surface area is 161 Å². The third-order valence-electron chi connectivity index (χ3n) is 3.69. The van der Waals surface area contributed by atoms with Crippen LogP contribution >= 0.6 is 11.6 Å². The number of halogens is 1. The van der Waals surface area contributed by atoms with Crippen molar-refractivity contribution in [3.63, 3.8) is 0 Å². The van der Waals surface area contributed by atoms with Crippen LogP contribution in [0.25, 0.3) is 0 Å². The molecule has 0 bridgehead atoms. The Balaban J connectivity index is 1.73. The molecule has 0 saturated heterocycles. The second kappa shape index (κ2) is 8.37. The van der Waals surface area contributed by atoms with Crippen molar-refractivity contribution in [2.75, 3.05) is 24.9 Å². The highest BCUT2D eigenvalue weighted by Gasteiger charge is 2.11. The lowest BCUT2D eigenvalue weighted by Gasteiger charge is -2.12. The average Bonchev–Trinajstić information content (AvgIpc) is 2.69. The van der Waals surface area contributed by atoms with Crippen LogP contribution in [0, 0.1) is 0 Å². The number of anilines is 3. The zero-order chi connectivity index (χ0) is 19.2. The Morgan fingerprint density at radius 1 is 0.963 bits per heavy atom. The monoisotopic (exact) mass is 384 g/mol. The first-order chi connectivity index (χ1) is 13.1. The fraction of sp³-hybridized carbons (Fsp3) is 0.105. The molecule has 2 aromatic carbocycles.